The van der Waals surface area contributed by atoms with Crippen LogP contribution in [0.5, 0.6) is 0 Å². The van der Waals surface area contributed by atoms with Crippen molar-refractivity contribution >= 4 is 34.1 Å². The van der Waals surface area contributed by atoms with Gasteiger partial charge in [0, 0.05) is 11.4 Å². The number of rotatable bonds is 4. The van der Waals surface area contributed by atoms with Gasteiger partial charge in [-0.2, -0.15) is 5.10 Å². The summed E-state index contributed by atoms with van der Waals surface area (Å²) in [6.07, 6.45) is 1.36. The summed E-state index contributed by atoms with van der Waals surface area (Å²) in [7, 11) is 0. The number of amides is 1. The average Bonchev–Trinajstić information content (AvgIpc) is 3.14. The normalized spacial score (nSPS) is 12.1. The standard InChI is InChI=1S/C21H18ClN5O2/c1-12(25-20(28)15-11-24-26-19(15)23)17-10-13-6-5-9-16(22)18(13)21(29)27(17)14-7-3-2-4-8-14/h2-12H,1H3,(H,25,28)(H3,23,24,26). The zero-order valence-electron chi connectivity index (χ0n) is 15.5. The number of nitrogen functional groups attached to an aromatic ring is 1. The van der Waals surface area contributed by atoms with E-state index in [1.165, 1.54) is 6.20 Å². The van der Waals surface area contributed by atoms with E-state index in [1.54, 1.807) is 23.6 Å². The SMILES string of the molecule is CC(NC(=O)c1cn[nH]c1N)c1cc2cccc(Cl)c2c(=O)n1-c1ccccc1. The summed E-state index contributed by atoms with van der Waals surface area (Å²) in [5.74, 6) is -0.206. The Morgan fingerprint density at radius 3 is 2.66 bits per heavy atom. The molecule has 4 N–H and O–H groups in total. The van der Waals surface area contributed by atoms with E-state index in [0.29, 0.717) is 27.2 Å². The fraction of sp³-hybridized carbons (Fsp3) is 0.0952. The Kier molecular flexibility index (Phi) is 4.82. The Bertz CT molecular complexity index is 1260. The lowest BCUT2D eigenvalue weighted by Gasteiger charge is -2.21. The van der Waals surface area contributed by atoms with Gasteiger partial charge in [0.05, 0.1) is 22.6 Å². The molecule has 0 aliphatic carbocycles. The minimum absolute atomic E-state index is 0.181. The van der Waals surface area contributed by atoms with E-state index in [9.17, 15) is 9.59 Å². The van der Waals surface area contributed by atoms with Gasteiger partial charge in [0.1, 0.15) is 11.4 Å². The molecule has 0 aliphatic heterocycles. The van der Waals surface area contributed by atoms with Crippen LogP contribution in [0.1, 0.15) is 29.0 Å². The number of H-pyrrole nitrogens is 1. The van der Waals surface area contributed by atoms with E-state index in [2.05, 4.69) is 15.5 Å². The quantitative estimate of drug-likeness (QED) is 0.481. The molecule has 0 saturated carbocycles. The number of nitrogens with two attached hydrogens (primary N) is 1. The first-order valence-corrected chi connectivity index (χ1v) is 9.34. The molecule has 4 aromatic rings. The number of benzene rings is 2. The molecule has 2 aromatic carbocycles. The molecule has 4 rings (SSSR count). The molecule has 0 fully saturated rings. The van der Waals surface area contributed by atoms with Gasteiger partial charge >= 0.3 is 0 Å². The van der Waals surface area contributed by atoms with Crippen molar-refractivity contribution in [1.82, 2.24) is 20.1 Å². The van der Waals surface area contributed by atoms with Crippen LogP contribution in [-0.4, -0.2) is 20.7 Å². The van der Waals surface area contributed by atoms with Gasteiger partial charge in [-0.05, 0) is 36.6 Å². The number of anilines is 1. The van der Waals surface area contributed by atoms with E-state index in [1.807, 2.05) is 42.5 Å². The van der Waals surface area contributed by atoms with Crippen molar-refractivity contribution in [3.8, 4) is 5.69 Å². The van der Waals surface area contributed by atoms with Crippen LogP contribution in [0.25, 0.3) is 16.5 Å². The molecular weight excluding hydrogens is 390 g/mol. The van der Waals surface area contributed by atoms with Crippen LogP contribution in [0.15, 0.2) is 65.6 Å². The Morgan fingerprint density at radius 2 is 1.97 bits per heavy atom. The monoisotopic (exact) mass is 407 g/mol. The Hall–Kier alpha value is -3.58. The molecule has 1 unspecified atom stereocenters. The highest BCUT2D eigenvalue weighted by molar-refractivity contribution is 6.35. The first-order valence-electron chi connectivity index (χ1n) is 8.96. The minimum Gasteiger partial charge on any atom is -0.383 e. The van der Waals surface area contributed by atoms with Gasteiger partial charge in [0.25, 0.3) is 11.5 Å². The lowest BCUT2D eigenvalue weighted by molar-refractivity contribution is 0.0939. The fourth-order valence-corrected chi connectivity index (χ4v) is 3.59. The number of nitrogens with zero attached hydrogens (tertiary/aromatic N) is 2. The molecule has 7 nitrogen and oxygen atoms in total. The van der Waals surface area contributed by atoms with Crippen LogP contribution >= 0.6 is 11.6 Å². The van der Waals surface area contributed by atoms with Crippen molar-refractivity contribution in [2.24, 2.45) is 0 Å². The van der Waals surface area contributed by atoms with Crippen molar-refractivity contribution in [2.75, 3.05) is 5.73 Å². The largest absolute Gasteiger partial charge is 0.383 e. The Morgan fingerprint density at radius 1 is 1.21 bits per heavy atom. The predicted molar refractivity (Wildman–Crippen MR) is 113 cm³/mol. The lowest BCUT2D eigenvalue weighted by atomic mass is 10.1. The molecule has 0 bridgehead atoms. The average molecular weight is 408 g/mol. The topological polar surface area (TPSA) is 106 Å². The molecule has 0 spiro atoms. The second-order valence-corrected chi connectivity index (χ2v) is 7.05. The van der Waals surface area contributed by atoms with Gasteiger partial charge in [-0.15, -0.1) is 0 Å². The number of aromatic amines is 1. The Labute approximate surface area is 171 Å². The number of hydrogen-bond donors (Lipinski definition) is 3. The zero-order chi connectivity index (χ0) is 20.5. The number of aromatic nitrogens is 3. The number of fused-ring (bicyclic) bond motifs is 1. The van der Waals surface area contributed by atoms with Crippen LogP contribution < -0.4 is 16.6 Å². The highest BCUT2D eigenvalue weighted by atomic mass is 35.5. The highest BCUT2D eigenvalue weighted by Crippen LogP contribution is 2.25. The molecule has 2 heterocycles. The van der Waals surface area contributed by atoms with Gasteiger partial charge in [-0.25, -0.2) is 0 Å². The third-order valence-corrected chi connectivity index (χ3v) is 5.06. The minimum atomic E-state index is -0.493. The van der Waals surface area contributed by atoms with E-state index < -0.39 is 6.04 Å². The van der Waals surface area contributed by atoms with E-state index in [4.69, 9.17) is 17.3 Å². The fourth-order valence-electron chi connectivity index (χ4n) is 3.33. The molecule has 1 atom stereocenters. The maximum Gasteiger partial charge on any atom is 0.264 e. The summed E-state index contributed by atoms with van der Waals surface area (Å²) in [6, 6.07) is 15.9. The highest BCUT2D eigenvalue weighted by Gasteiger charge is 2.21. The number of nitrogens with one attached hydrogen (secondary N) is 2. The summed E-state index contributed by atoms with van der Waals surface area (Å²) in [6.45, 7) is 1.80. The number of carbonyl (C=O) groups excluding carboxylic acids is 1. The van der Waals surface area contributed by atoms with Gasteiger partial charge in [0.2, 0.25) is 0 Å². The van der Waals surface area contributed by atoms with Crippen LogP contribution in [0.3, 0.4) is 0 Å². The number of hydrogen-bond acceptors (Lipinski definition) is 4. The van der Waals surface area contributed by atoms with Crippen molar-refractivity contribution < 1.29 is 4.79 Å². The molecule has 1 amide bonds. The second-order valence-electron chi connectivity index (χ2n) is 6.64. The first-order chi connectivity index (χ1) is 14.0. The van der Waals surface area contributed by atoms with Gasteiger partial charge < -0.3 is 11.1 Å². The maximum atomic E-state index is 13.4. The van der Waals surface area contributed by atoms with Crippen LogP contribution in [-0.2, 0) is 0 Å². The Balaban J connectivity index is 1.88. The summed E-state index contributed by atoms with van der Waals surface area (Å²) in [4.78, 5) is 26.0. The summed E-state index contributed by atoms with van der Waals surface area (Å²) in [5, 5.41) is 10.7. The molecule has 0 aliphatic rings. The lowest BCUT2D eigenvalue weighted by Crippen LogP contribution is -2.32. The number of carbonyl (C=O) groups is 1. The number of halogens is 1. The number of pyridine rings is 1. The predicted octanol–water partition coefficient (Wildman–Crippen LogP) is 3.44. The van der Waals surface area contributed by atoms with Crippen LogP contribution in [0, 0.1) is 0 Å². The molecule has 29 heavy (non-hydrogen) atoms. The molecule has 8 heteroatoms. The third kappa shape index (κ3) is 3.36. The van der Waals surface area contributed by atoms with Gasteiger partial charge in [-0.1, -0.05) is 41.9 Å². The van der Waals surface area contributed by atoms with Crippen molar-refractivity contribution in [3.63, 3.8) is 0 Å². The van der Waals surface area contributed by atoms with Gasteiger partial charge in [-0.3, -0.25) is 19.3 Å². The third-order valence-electron chi connectivity index (χ3n) is 4.74. The molecule has 0 radical (unpaired) electrons. The van der Waals surface area contributed by atoms with Crippen LogP contribution in [0.4, 0.5) is 5.82 Å². The molecule has 146 valence electrons. The smallest absolute Gasteiger partial charge is 0.264 e. The van der Waals surface area contributed by atoms with E-state index >= 15 is 0 Å². The van der Waals surface area contributed by atoms with Crippen molar-refractivity contribution in [3.05, 3.63) is 87.4 Å². The summed E-state index contributed by atoms with van der Waals surface area (Å²) >= 11 is 6.32. The maximum absolute atomic E-state index is 13.4. The van der Waals surface area contributed by atoms with Crippen LogP contribution in [0.2, 0.25) is 5.02 Å². The van der Waals surface area contributed by atoms with E-state index in [-0.39, 0.29) is 22.8 Å². The second kappa shape index (κ2) is 7.44. The van der Waals surface area contributed by atoms with Crippen molar-refractivity contribution in [2.45, 2.75) is 13.0 Å². The first kappa shape index (κ1) is 18.8. The zero-order valence-corrected chi connectivity index (χ0v) is 16.3. The van der Waals surface area contributed by atoms with E-state index in [0.717, 1.165) is 0 Å². The number of para-hydroxylation sites is 1. The van der Waals surface area contributed by atoms with Gasteiger partial charge in [0.15, 0.2) is 0 Å². The molecule has 2 aromatic heterocycles. The van der Waals surface area contributed by atoms with Crippen molar-refractivity contribution in [1.29, 1.82) is 0 Å². The molecule has 0 saturated heterocycles. The summed E-state index contributed by atoms with van der Waals surface area (Å²) in [5.41, 5.74) is 7.03. The summed E-state index contributed by atoms with van der Waals surface area (Å²) < 4.78 is 1.57. The molecular formula is C21H18ClN5O2.